The molecule has 5 rings (SSSR count). The molecule has 2 heterocycles. The van der Waals surface area contributed by atoms with E-state index in [2.05, 4.69) is 0 Å². The third-order valence-electron chi connectivity index (χ3n) is 5.91. The summed E-state index contributed by atoms with van der Waals surface area (Å²) in [4.78, 5) is 28.5. The standard InChI is InChI=1S/C23H21NO3/c25-21-17-13-7-8-14-18(17)27-22-19(21)20(15-9-3-1-4-10-15)24(23(22)26)16-11-5-2-6-12-16/h1-6,9-12,17-18,20H,7-8,13-14H2. The number of ether oxygens (including phenoxy) is 1. The predicted octanol–water partition coefficient (Wildman–Crippen LogP) is 4.19. The van der Waals surface area contributed by atoms with Crippen LogP contribution in [0.1, 0.15) is 37.3 Å². The quantitative estimate of drug-likeness (QED) is 0.808. The van der Waals surface area contributed by atoms with Crippen molar-refractivity contribution in [3.8, 4) is 0 Å². The Morgan fingerprint density at radius 3 is 2.26 bits per heavy atom. The van der Waals surface area contributed by atoms with Crippen LogP contribution in [-0.2, 0) is 14.3 Å². The molecule has 1 amide bonds. The molecule has 0 spiro atoms. The summed E-state index contributed by atoms with van der Waals surface area (Å²) in [6.07, 6.45) is 3.64. The Bertz CT molecular complexity index is 919. The Morgan fingerprint density at radius 1 is 0.852 bits per heavy atom. The molecule has 3 unspecified atom stereocenters. The smallest absolute Gasteiger partial charge is 0.294 e. The average molecular weight is 359 g/mol. The summed E-state index contributed by atoms with van der Waals surface area (Å²) in [5, 5.41) is 0. The van der Waals surface area contributed by atoms with Gasteiger partial charge in [0.1, 0.15) is 6.10 Å². The van der Waals surface area contributed by atoms with Crippen LogP contribution in [-0.4, -0.2) is 17.8 Å². The molecule has 0 radical (unpaired) electrons. The van der Waals surface area contributed by atoms with E-state index in [1.54, 1.807) is 4.90 Å². The van der Waals surface area contributed by atoms with Gasteiger partial charge in [-0.3, -0.25) is 14.5 Å². The number of para-hydroxylation sites is 1. The largest absolute Gasteiger partial charge is 0.483 e. The second kappa shape index (κ2) is 6.38. The van der Waals surface area contributed by atoms with E-state index < -0.39 is 6.04 Å². The first kappa shape index (κ1) is 16.3. The third-order valence-corrected chi connectivity index (χ3v) is 5.91. The van der Waals surface area contributed by atoms with Gasteiger partial charge in [0.05, 0.1) is 17.5 Å². The van der Waals surface area contributed by atoms with E-state index >= 15 is 0 Å². The second-order valence-electron chi connectivity index (χ2n) is 7.48. The molecule has 0 aromatic heterocycles. The first-order valence-electron chi connectivity index (χ1n) is 9.64. The van der Waals surface area contributed by atoms with Crippen LogP contribution in [0, 0.1) is 5.92 Å². The SMILES string of the molecule is O=C1C2=C(OC3CCCCC13)C(=O)N(c1ccccc1)C2c1ccccc1. The minimum absolute atomic E-state index is 0.0987. The van der Waals surface area contributed by atoms with Crippen molar-refractivity contribution in [2.75, 3.05) is 4.90 Å². The zero-order valence-electron chi connectivity index (χ0n) is 15.0. The number of benzene rings is 2. The maximum absolute atomic E-state index is 13.4. The molecule has 1 aliphatic carbocycles. The van der Waals surface area contributed by atoms with Crippen LogP contribution >= 0.6 is 0 Å². The number of hydrogen-bond acceptors (Lipinski definition) is 3. The molecule has 0 N–H and O–H groups in total. The molecule has 4 nitrogen and oxygen atoms in total. The lowest BCUT2D eigenvalue weighted by molar-refractivity contribution is -0.131. The topological polar surface area (TPSA) is 46.6 Å². The molecular weight excluding hydrogens is 338 g/mol. The zero-order chi connectivity index (χ0) is 18.4. The molecule has 2 aromatic carbocycles. The van der Waals surface area contributed by atoms with Crippen LogP contribution in [0.4, 0.5) is 5.69 Å². The summed E-state index contributed by atoms with van der Waals surface area (Å²) in [6.45, 7) is 0. The third kappa shape index (κ3) is 2.51. The maximum atomic E-state index is 13.4. The summed E-state index contributed by atoms with van der Waals surface area (Å²) in [5.41, 5.74) is 2.26. The summed E-state index contributed by atoms with van der Waals surface area (Å²) < 4.78 is 6.17. The number of carbonyl (C=O) groups is 2. The number of Topliss-reactive ketones (excluding diaryl/α,β-unsaturated/α-hetero) is 1. The van der Waals surface area contributed by atoms with Gasteiger partial charge in [-0.1, -0.05) is 55.0 Å². The highest BCUT2D eigenvalue weighted by Gasteiger charge is 2.52. The van der Waals surface area contributed by atoms with Crippen molar-refractivity contribution in [3.05, 3.63) is 77.6 Å². The molecule has 2 aromatic rings. The second-order valence-corrected chi connectivity index (χ2v) is 7.48. The molecule has 4 heteroatoms. The highest BCUT2D eigenvalue weighted by molar-refractivity contribution is 6.18. The van der Waals surface area contributed by atoms with Crippen molar-refractivity contribution in [3.63, 3.8) is 0 Å². The van der Waals surface area contributed by atoms with Crippen molar-refractivity contribution in [2.24, 2.45) is 5.92 Å². The first-order chi connectivity index (χ1) is 13.3. The van der Waals surface area contributed by atoms with E-state index in [0.717, 1.165) is 36.9 Å². The van der Waals surface area contributed by atoms with E-state index in [4.69, 9.17) is 4.74 Å². The van der Waals surface area contributed by atoms with E-state index in [-0.39, 0.29) is 29.5 Å². The van der Waals surface area contributed by atoms with Crippen molar-refractivity contribution in [1.29, 1.82) is 0 Å². The highest BCUT2D eigenvalue weighted by atomic mass is 16.5. The Balaban J connectivity index is 1.66. The molecule has 3 aliphatic rings. The first-order valence-corrected chi connectivity index (χ1v) is 9.64. The number of fused-ring (bicyclic) bond motifs is 1. The monoisotopic (exact) mass is 359 g/mol. The summed E-state index contributed by atoms with van der Waals surface area (Å²) >= 11 is 0. The minimum Gasteiger partial charge on any atom is -0.483 e. The van der Waals surface area contributed by atoms with Crippen molar-refractivity contribution < 1.29 is 14.3 Å². The fourth-order valence-electron chi connectivity index (χ4n) is 4.65. The maximum Gasteiger partial charge on any atom is 0.294 e. The summed E-state index contributed by atoms with van der Waals surface area (Å²) in [7, 11) is 0. The number of rotatable bonds is 2. The molecular formula is C23H21NO3. The lowest BCUT2D eigenvalue weighted by Gasteiger charge is -2.35. The van der Waals surface area contributed by atoms with Crippen LogP contribution in [0.3, 0.4) is 0 Å². The average Bonchev–Trinajstić information content (AvgIpc) is 3.02. The molecule has 27 heavy (non-hydrogen) atoms. The van der Waals surface area contributed by atoms with Crippen LogP contribution in [0.25, 0.3) is 0 Å². The molecule has 1 fully saturated rings. The number of carbonyl (C=O) groups excluding carboxylic acids is 2. The van der Waals surface area contributed by atoms with Gasteiger partial charge in [0.2, 0.25) is 0 Å². The van der Waals surface area contributed by atoms with E-state index in [9.17, 15) is 9.59 Å². The van der Waals surface area contributed by atoms with Gasteiger partial charge in [0, 0.05) is 5.69 Å². The van der Waals surface area contributed by atoms with E-state index in [0.29, 0.717) is 5.57 Å². The van der Waals surface area contributed by atoms with Gasteiger partial charge >= 0.3 is 0 Å². The normalized spacial score (nSPS) is 27.3. The number of amides is 1. The fourth-order valence-corrected chi connectivity index (χ4v) is 4.65. The molecule has 2 aliphatic heterocycles. The van der Waals surface area contributed by atoms with Gasteiger partial charge in [-0.05, 0) is 37.0 Å². The van der Waals surface area contributed by atoms with Crippen LogP contribution in [0.2, 0.25) is 0 Å². The highest BCUT2D eigenvalue weighted by Crippen LogP contribution is 2.48. The number of nitrogens with zero attached hydrogens (tertiary/aromatic N) is 1. The van der Waals surface area contributed by atoms with Crippen molar-refractivity contribution >= 4 is 17.4 Å². The van der Waals surface area contributed by atoms with Crippen LogP contribution < -0.4 is 4.90 Å². The van der Waals surface area contributed by atoms with Gasteiger partial charge in [0.25, 0.3) is 5.91 Å². The molecule has 0 saturated heterocycles. The lowest BCUT2D eigenvalue weighted by atomic mass is 9.77. The molecule has 136 valence electrons. The minimum atomic E-state index is -0.425. The zero-order valence-corrected chi connectivity index (χ0v) is 15.0. The Hall–Kier alpha value is -2.88. The van der Waals surface area contributed by atoms with Gasteiger partial charge in [-0.15, -0.1) is 0 Å². The molecule has 3 atom stereocenters. The van der Waals surface area contributed by atoms with Crippen LogP contribution in [0.15, 0.2) is 72.0 Å². The summed E-state index contributed by atoms with van der Waals surface area (Å²) in [5.74, 6) is 0.0390. The Kier molecular flexibility index (Phi) is 3.85. The molecule has 0 bridgehead atoms. The Morgan fingerprint density at radius 2 is 1.52 bits per heavy atom. The number of hydrogen-bond donors (Lipinski definition) is 0. The Labute approximate surface area is 158 Å². The van der Waals surface area contributed by atoms with Gasteiger partial charge in [-0.2, -0.15) is 0 Å². The van der Waals surface area contributed by atoms with E-state index in [1.807, 2.05) is 60.7 Å². The lowest BCUT2D eigenvalue weighted by Crippen LogP contribution is -2.39. The molecule has 1 saturated carbocycles. The van der Waals surface area contributed by atoms with Gasteiger partial charge in [-0.25, -0.2) is 0 Å². The van der Waals surface area contributed by atoms with Crippen molar-refractivity contribution in [1.82, 2.24) is 0 Å². The fraction of sp³-hybridized carbons (Fsp3) is 0.304. The number of anilines is 1. The van der Waals surface area contributed by atoms with Gasteiger partial charge in [0.15, 0.2) is 11.5 Å². The van der Waals surface area contributed by atoms with E-state index in [1.165, 1.54) is 0 Å². The van der Waals surface area contributed by atoms with Crippen LogP contribution in [0.5, 0.6) is 0 Å². The number of ketones is 1. The van der Waals surface area contributed by atoms with Crippen molar-refractivity contribution in [2.45, 2.75) is 37.8 Å². The van der Waals surface area contributed by atoms with Gasteiger partial charge < -0.3 is 4.74 Å². The summed E-state index contributed by atoms with van der Waals surface area (Å²) in [6, 6.07) is 18.9. The predicted molar refractivity (Wildman–Crippen MR) is 102 cm³/mol.